The van der Waals surface area contributed by atoms with Crippen molar-refractivity contribution >= 4 is 34.7 Å². The van der Waals surface area contributed by atoms with E-state index in [4.69, 9.17) is 4.74 Å². The van der Waals surface area contributed by atoms with Crippen molar-refractivity contribution in [3.8, 4) is 11.1 Å². The molecule has 0 atom stereocenters. The average molecular weight is 589 g/mol. The summed E-state index contributed by atoms with van der Waals surface area (Å²) in [7, 11) is 0. The van der Waals surface area contributed by atoms with Crippen molar-refractivity contribution in [1.82, 2.24) is 14.8 Å². The summed E-state index contributed by atoms with van der Waals surface area (Å²) < 4.78 is 21.4. The minimum Gasteiger partial charge on any atom is -0.382 e. The van der Waals surface area contributed by atoms with Gasteiger partial charge in [0, 0.05) is 72.5 Å². The molecule has 3 aliphatic rings. The molecule has 228 valence electrons. The summed E-state index contributed by atoms with van der Waals surface area (Å²) in [6.07, 6.45) is 5.95. The normalized spacial score (nSPS) is 22.3. The number of halogens is 1. The molecule has 43 heavy (non-hydrogen) atoms. The van der Waals surface area contributed by atoms with Crippen molar-refractivity contribution in [1.29, 1.82) is 0 Å². The highest BCUT2D eigenvalue weighted by Gasteiger charge is 2.35. The number of morpholine rings is 1. The average Bonchev–Trinajstić information content (AvgIpc) is 3.29. The Labute approximate surface area is 251 Å². The number of benzene rings is 2. The molecule has 1 saturated carbocycles. The van der Waals surface area contributed by atoms with Crippen LogP contribution in [0, 0.1) is 11.2 Å². The van der Waals surface area contributed by atoms with Crippen LogP contribution in [0.1, 0.15) is 73.2 Å². The van der Waals surface area contributed by atoms with Gasteiger partial charge in [-0.2, -0.15) is 0 Å². The van der Waals surface area contributed by atoms with Crippen molar-refractivity contribution in [3.63, 3.8) is 0 Å². The third kappa shape index (κ3) is 6.38. The van der Waals surface area contributed by atoms with Crippen LogP contribution in [0.4, 0.5) is 10.1 Å². The largest absolute Gasteiger partial charge is 0.382 e. The van der Waals surface area contributed by atoms with E-state index in [9.17, 15) is 18.8 Å². The van der Waals surface area contributed by atoms with Gasteiger partial charge in [0.1, 0.15) is 5.82 Å². The fourth-order valence-corrected chi connectivity index (χ4v) is 7.02. The van der Waals surface area contributed by atoms with Crippen LogP contribution >= 0.6 is 0 Å². The molecular formula is C34H41FN4O4. The van der Waals surface area contributed by atoms with Crippen molar-refractivity contribution in [2.75, 3.05) is 38.2 Å². The van der Waals surface area contributed by atoms with Gasteiger partial charge in [0.25, 0.3) is 0 Å². The molecule has 2 fully saturated rings. The van der Waals surface area contributed by atoms with Crippen LogP contribution in [0.3, 0.4) is 0 Å². The van der Waals surface area contributed by atoms with Gasteiger partial charge in [0.2, 0.25) is 11.8 Å². The van der Waals surface area contributed by atoms with Gasteiger partial charge in [-0.15, -0.1) is 0 Å². The lowest BCUT2D eigenvalue weighted by Gasteiger charge is -2.31. The molecule has 1 aromatic heterocycles. The fraction of sp³-hybridized carbons (Fsp3) is 0.500. The molecule has 2 N–H and O–H groups in total. The number of nitrogens with zero attached hydrogens (tertiary/aromatic N) is 2. The van der Waals surface area contributed by atoms with Crippen LogP contribution in [0.25, 0.3) is 22.0 Å². The molecule has 2 aromatic carbocycles. The summed E-state index contributed by atoms with van der Waals surface area (Å²) in [4.78, 5) is 40.1. The zero-order valence-corrected chi connectivity index (χ0v) is 25.1. The summed E-state index contributed by atoms with van der Waals surface area (Å²) in [6.45, 7) is 8.16. The molecule has 6 rings (SSSR count). The summed E-state index contributed by atoms with van der Waals surface area (Å²) in [5, 5.41) is 7.66. The Morgan fingerprint density at radius 1 is 1.05 bits per heavy atom. The Morgan fingerprint density at radius 3 is 2.53 bits per heavy atom. The second-order valence-electron chi connectivity index (χ2n) is 13.1. The van der Waals surface area contributed by atoms with Gasteiger partial charge in [-0.05, 0) is 73.4 Å². The van der Waals surface area contributed by atoms with E-state index < -0.39 is 0 Å². The van der Waals surface area contributed by atoms with Crippen molar-refractivity contribution in [2.45, 2.75) is 70.9 Å². The van der Waals surface area contributed by atoms with Gasteiger partial charge in [-0.25, -0.2) is 4.39 Å². The van der Waals surface area contributed by atoms with E-state index in [-0.39, 0.29) is 35.1 Å². The predicted molar refractivity (Wildman–Crippen MR) is 165 cm³/mol. The van der Waals surface area contributed by atoms with Crippen LogP contribution < -0.4 is 10.6 Å². The molecule has 8 nitrogen and oxygen atoms in total. The maximum Gasteiger partial charge on any atom is 0.231 e. The van der Waals surface area contributed by atoms with Crippen molar-refractivity contribution in [3.05, 3.63) is 53.5 Å². The molecule has 0 bridgehead atoms. The highest BCUT2D eigenvalue weighted by molar-refractivity contribution is 6.05. The lowest BCUT2D eigenvalue weighted by atomic mass is 9.80. The number of carbonyl (C=O) groups is 3. The van der Waals surface area contributed by atoms with E-state index in [1.165, 1.54) is 12.1 Å². The Kier molecular flexibility index (Phi) is 8.38. The summed E-state index contributed by atoms with van der Waals surface area (Å²) in [5.74, 6) is -0.302. The predicted octanol–water partition coefficient (Wildman–Crippen LogP) is 5.43. The zero-order valence-electron chi connectivity index (χ0n) is 25.1. The second-order valence-corrected chi connectivity index (χ2v) is 13.1. The first kappa shape index (κ1) is 29.5. The Bertz CT molecular complexity index is 1530. The number of carbonyl (C=O) groups excluding carboxylic acids is 3. The van der Waals surface area contributed by atoms with Crippen LogP contribution in [0.5, 0.6) is 0 Å². The SMILES string of the molecule is CC1(C)CC(=O)n2c(c(-c3ccc(C=O)c(NC4CCC(NC(=O)CCN5CCOCC5)CC4)c3)c3ccc(F)cc32)C1. The molecule has 0 spiro atoms. The number of anilines is 1. The number of hydrogen-bond acceptors (Lipinski definition) is 6. The molecule has 0 radical (unpaired) electrons. The minimum absolute atomic E-state index is 0.0269. The van der Waals surface area contributed by atoms with Crippen LogP contribution in [0.15, 0.2) is 36.4 Å². The first-order valence-corrected chi connectivity index (χ1v) is 15.5. The summed E-state index contributed by atoms with van der Waals surface area (Å²) in [5.41, 5.74) is 4.39. The van der Waals surface area contributed by atoms with E-state index >= 15 is 0 Å². The number of aromatic nitrogens is 1. The molecule has 1 aliphatic carbocycles. The number of ether oxygens (including phenoxy) is 1. The van der Waals surface area contributed by atoms with Gasteiger partial charge in [0.05, 0.1) is 18.7 Å². The van der Waals surface area contributed by atoms with Crippen LogP contribution in [-0.2, 0) is 16.0 Å². The van der Waals surface area contributed by atoms with E-state index in [0.29, 0.717) is 30.3 Å². The Hall–Kier alpha value is -3.56. The van der Waals surface area contributed by atoms with Crippen LogP contribution in [0.2, 0.25) is 0 Å². The third-order valence-electron chi connectivity index (χ3n) is 9.23. The molecule has 9 heteroatoms. The Balaban J connectivity index is 1.17. The summed E-state index contributed by atoms with van der Waals surface area (Å²) in [6, 6.07) is 10.7. The van der Waals surface area contributed by atoms with E-state index in [1.807, 2.05) is 18.2 Å². The Morgan fingerprint density at radius 2 is 1.79 bits per heavy atom. The first-order chi connectivity index (χ1) is 20.7. The second kappa shape index (κ2) is 12.2. The van der Waals surface area contributed by atoms with Crippen molar-refractivity contribution in [2.24, 2.45) is 5.41 Å². The van der Waals surface area contributed by atoms with Gasteiger partial charge in [0.15, 0.2) is 6.29 Å². The number of rotatable bonds is 8. The zero-order chi connectivity index (χ0) is 30.1. The summed E-state index contributed by atoms with van der Waals surface area (Å²) >= 11 is 0. The van der Waals surface area contributed by atoms with E-state index in [1.54, 1.807) is 10.6 Å². The number of aldehydes is 1. The van der Waals surface area contributed by atoms with Gasteiger partial charge >= 0.3 is 0 Å². The first-order valence-electron chi connectivity index (χ1n) is 15.5. The van der Waals surface area contributed by atoms with Crippen LogP contribution in [-0.4, -0.2) is 72.5 Å². The van der Waals surface area contributed by atoms with Gasteiger partial charge < -0.3 is 15.4 Å². The maximum absolute atomic E-state index is 14.3. The quantitative estimate of drug-likeness (QED) is 0.341. The monoisotopic (exact) mass is 588 g/mol. The number of hydrogen-bond donors (Lipinski definition) is 2. The minimum atomic E-state index is -0.375. The number of nitrogens with one attached hydrogen (secondary N) is 2. The van der Waals surface area contributed by atoms with E-state index in [0.717, 1.165) is 92.7 Å². The fourth-order valence-electron chi connectivity index (χ4n) is 7.02. The molecular weight excluding hydrogens is 547 g/mol. The highest BCUT2D eigenvalue weighted by Crippen LogP contribution is 2.43. The lowest BCUT2D eigenvalue weighted by molar-refractivity contribution is -0.122. The van der Waals surface area contributed by atoms with Gasteiger partial charge in [-0.1, -0.05) is 19.9 Å². The van der Waals surface area contributed by atoms with Crippen molar-refractivity contribution < 1.29 is 23.5 Å². The highest BCUT2D eigenvalue weighted by atomic mass is 19.1. The maximum atomic E-state index is 14.3. The standard InChI is InChI=1S/C34H41FN4O4/c1-34(2)19-30-33(27-10-5-24(35)18-29(27)39(30)32(42)20-34)22-3-4-23(21-40)28(17-22)36-25-6-8-26(9-7-25)37-31(41)11-12-38-13-15-43-16-14-38/h3-5,10,17-18,21,25-26,36H,6-9,11-16,19-20H2,1-2H3,(H,37,41). The molecule has 3 aromatic rings. The molecule has 0 unspecified atom stereocenters. The van der Waals surface area contributed by atoms with E-state index in [2.05, 4.69) is 29.4 Å². The molecule has 1 amide bonds. The van der Waals surface area contributed by atoms with Gasteiger partial charge in [-0.3, -0.25) is 23.9 Å². The molecule has 2 aliphatic heterocycles. The lowest BCUT2D eigenvalue weighted by Crippen LogP contribution is -2.42. The topological polar surface area (TPSA) is 92.7 Å². The third-order valence-corrected chi connectivity index (χ3v) is 9.23. The molecule has 1 saturated heterocycles. The molecule has 3 heterocycles. The smallest absolute Gasteiger partial charge is 0.231 e. The number of amides is 1. The number of fused-ring (bicyclic) bond motifs is 3.